The number of nitrogens with one attached hydrogen (secondary N) is 1. The van der Waals surface area contributed by atoms with Gasteiger partial charge >= 0.3 is 8.80 Å². The predicted octanol–water partition coefficient (Wildman–Crippen LogP) is 5.94. The Morgan fingerprint density at radius 3 is 1.42 bits per heavy atom. The van der Waals surface area contributed by atoms with Gasteiger partial charge in [0.15, 0.2) is 0 Å². The van der Waals surface area contributed by atoms with Gasteiger partial charge in [0.2, 0.25) is 0 Å². The van der Waals surface area contributed by atoms with Crippen LogP contribution in [0.15, 0.2) is 0 Å². The van der Waals surface area contributed by atoms with Crippen molar-refractivity contribution >= 4 is 8.80 Å². The third kappa shape index (κ3) is 15.1. The Kier molecular flexibility index (Phi) is 19.9. The average Bonchev–Trinajstić information content (AvgIpc) is 2.63. The predicted molar refractivity (Wildman–Crippen MR) is 115 cm³/mol. The molecule has 158 valence electrons. The maximum absolute atomic E-state index is 5.89. The van der Waals surface area contributed by atoms with Crippen molar-refractivity contribution in [2.45, 2.75) is 104 Å². The standard InChI is InChI=1S/C21H47NO3Si/c1-5-9-10-11-12-13-14-15-16-17-19-22-20-18-21-26(23-6-2,24-7-3)25-8-4/h22H,5-21H2,1-4H3. The minimum absolute atomic E-state index is 0.665. The van der Waals surface area contributed by atoms with Gasteiger partial charge in [0.1, 0.15) is 0 Å². The molecule has 0 aliphatic rings. The molecule has 1 N–H and O–H groups in total. The maximum atomic E-state index is 5.89. The van der Waals surface area contributed by atoms with Crippen LogP contribution in [0.5, 0.6) is 0 Å². The highest BCUT2D eigenvalue weighted by Crippen LogP contribution is 2.17. The lowest BCUT2D eigenvalue weighted by Gasteiger charge is -2.28. The van der Waals surface area contributed by atoms with E-state index >= 15 is 0 Å². The molecule has 0 aromatic carbocycles. The Hall–Kier alpha value is 0.0569. The summed E-state index contributed by atoms with van der Waals surface area (Å²) in [4.78, 5) is 0. The zero-order valence-corrected chi connectivity index (χ0v) is 19.2. The van der Waals surface area contributed by atoms with Gasteiger partial charge in [-0.3, -0.25) is 0 Å². The fourth-order valence-electron chi connectivity index (χ4n) is 3.29. The summed E-state index contributed by atoms with van der Waals surface area (Å²) < 4.78 is 17.7. The third-order valence-corrected chi connectivity index (χ3v) is 7.79. The van der Waals surface area contributed by atoms with Crippen molar-refractivity contribution in [3.05, 3.63) is 0 Å². The van der Waals surface area contributed by atoms with Gasteiger partial charge in [-0.05, 0) is 46.7 Å². The molecule has 5 heteroatoms. The van der Waals surface area contributed by atoms with Gasteiger partial charge in [-0.1, -0.05) is 64.7 Å². The van der Waals surface area contributed by atoms with Crippen LogP contribution in [0.3, 0.4) is 0 Å². The van der Waals surface area contributed by atoms with Crippen LogP contribution in [-0.4, -0.2) is 41.7 Å². The van der Waals surface area contributed by atoms with Crippen molar-refractivity contribution in [1.82, 2.24) is 5.32 Å². The van der Waals surface area contributed by atoms with Crippen LogP contribution >= 0.6 is 0 Å². The minimum atomic E-state index is -2.44. The number of hydrogen-bond donors (Lipinski definition) is 1. The van der Waals surface area contributed by atoms with E-state index in [0.717, 1.165) is 25.6 Å². The van der Waals surface area contributed by atoms with Gasteiger partial charge in [0.05, 0.1) is 0 Å². The van der Waals surface area contributed by atoms with E-state index in [1.54, 1.807) is 0 Å². The Balaban J connectivity index is 3.52. The summed E-state index contributed by atoms with van der Waals surface area (Å²) >= 11 is 0. The molecule has 0 aliphatic carbocycles. The molecule has 0 radical (unpaired) electrons. The molecule has 0 heterocycles. The molecular formula is C21H47NO3Si. The van der Waals surface area contributed by atoms with Gasteiger partial charge in [0, 0.05) is 25.9 Å². The molecule has 0 unspecified atom stereocenters. The summed E-state index contributed by atoms with van der Waals surface area (Å²) in [6, 6.07) is 0.910. The first kappa shape index (κ1) is 26.1. The topological polar surface area (TPSA) is 39.7 Å². The molecule has 0 rings (SSSR count). The summed E-state index contributed by atoms with van der Waals surface area (Å²) in [5.41, 5.74) is 0. The number of unbranched alkanes of at least 4 members (excludes halogenated alkanes) is 9. The summed E-state index contributed by atoms with van der Waals surface area (Å²) in [5, 5.41) is 3.57. The van der Waals surface area contributed by atoms with Crippen molar-refractivity contribution in [3.8, 4) is 0 Å². The second-order valence-electron chi connectivity index (χ2n) is 7.02. The van der Waals surface area contributed by atoms with Gasteiger partial charge < -0.3 is 18.6 Å². The van der Waals surface area contributed by atoms with Crippen molar-refractivity contribution in [1.29, 1.82) is 0 Å². The van der Waals surface area contributed by atoms with E-state index in [-0.39, 0.29) is 0 Å². The smallest absolute Gasteiger partial charge is 0.374 e. The molecule has 4 nitrogen and oxygen atoms in total. The largest absolute Gasteiger partial charge is 0.500 e. The molecule has 0 bridgehead atoms. The van der Waals surface area contributed by atoms with E-state index in [9.17, 15) is 0 Å². The highest BCUT2D eigenvalue weighted by molar-refractivity contribution is 6.60. The van der Waals surface area contributed by atoms with E-state index < -0.39 is 8.80 Å². The lowest BCUT2D eigenvalue weighted by molar-refractivity contribution is 0.0708. The number of rotatable bonds is 21. The SMILES string of the molecule is CCCCCCCCCCCCNCCC[Si](OCC)(OCC)OCC. The van der Waals surface area contributed by atoms with Gasteiger partial charge in [-0.25, -0.2) is 0 Å². The highest BCUT2D eigenvalue weighted by atomic mass is 28.4. The van der Waals surface area contributed by atoms with E-state index in [2.05, 4.69) is 12.2 Å². The molecule has 0 aromatic rings. The molecule has 0 atom stereocenters. The van der Waals surface area contributed by atoms with Crippen molar-refractivity contribution < 1.29 is 13.3 Å². The fourth-order valence-corrected chi connectivity index (χ4v) is 5.91. The Labute approximate surface area is 165 Å². The summed E-state index contributed by atoms with van der Waals surface area (Å²) in [5.74, 6) is 0. The van der Waals surface area contributed by atoms with Gasteiger partial charge in [0.25, 0.3) is 0 Å². The highest BCUT2D eigenvalue weighted by Gasteiger charge is 2.39. The Morgan fingerprint density at radius 2 is 0.962 bits per heavy atom. The molecule has 0 aliphatic heterocycles. The van der Waals surface area contributed by atoms with Crippen LogP contribution in [0.4, 0.5) is 0 Å². The monoisotopic (exact) mass is 389 g/mol. The molecule has 0 spiro atoms. The summed E-state index contributed by atoms with van der Waals surface area (Å²) in [7, 11) is -2.44. The van der Waals surface area contributed by atoms with E-state index in [1.165, 1.54) is 64.2 Å². The van der Waals surface area contributed by atoms with Crippen LogP contribution in [0.25, 0.3) is 0 Å². The van der Waals surface area contributed by atoms with Crippen LogP contribution in [0, 0.1) is 0 Å². The van der Waals surface area contributed by atoms with E-state index in [0.29, 0.717) is 19.8 Å². The van der Waals surface area contributed by atoms with E-state index in [1.807, 2.05) is 20.8 Å². The molecule has 26 heavy (non-hydrogen) atoms. The zero-order valence-electron chi connectivity index (χ0n) is 18.2. The number of hydrogen-bond acceptors (Lipinski definition) is 4. The van der Waals surface area contributed by atoms with Crippen LogP contribution < -0.4 is 5.32 Å². The first-order valence-corrected chi connectivity index (χ1v) is 13.3. The van der Waals surface area contributed by atoms with Gasteiger partial charge in [-0.2, -0.15) is 0 Å². The third-order valence-electron chi connectivity index (χ3n) is 4.64. The molecular weight excluding hydrogens is 342 g/mol. The average molecular weight is 390 g/mol. The summed E-state index contributed by atoms with van der Waals surface area (Å²) in [6.07, 6.45) is 15.0. The minimum Gasteiger partial charge on any atom is -0.374 e. The molecule has 0 fully saturated rings. The van der Waals surface area contributed by atoms with Crippen molar-refractivity contribution in [3.63, 3.8) is 0 Å². The summed E-state index contributed by atoms with van der Waals surface area (Å²) in [6.45, 7) is 12.5. The zero-order chi connectivity index (χ0) is 19.3. The maximum Gasteiger partial charge on any atom is 0.500 e. The van der Waals surface area contributed by atoms with E-state index in [4.69, 9.17) is 13.3 Å². The molecule has 0 saturated heterocycles. The van der Waals surface area contributed by atoms with Crippen LogP contribution in [0.1, 0.15) is 98.3 Å². The molecule has 0 aromatic heterocycles. The molecule has 0 saturated carbocycles. The van der Waals surface area contributed by atoms with Crippen LogP contribution in [-0.2, 0) is 13.3 Å². The lowest BCUT2D eigenvalue weighted by Crippen LogP contribution is -2.46. The Bertz CT molecular complexity index is 263. The molecule has 0 amide bonds. The first-order valence-electron chi connectivity index (χ1n) is 11.4. The fraction of sp³-hybridized carbons (Fsp3) is 1.00. The Morgan fingerprint density at radius 1 is 0.538 bits per heavy atom. The van der Waals surface area contributed by atoms with Crippen molar-refractivity contribution in [2.24, 2.45) is 0 Å². The first-order chi connectivity index (χ1) is 12.7. The van der Waals surface area contributed by atoms with Crippen LogP contribution in [0.2, 0.25) is 6.04 Å². The second kappa shape index (κ2) is 19.8. The van der Waals surface area contributed by atoms with Gasteiger partial charge in [-0.15, -0.1) is 0 Å². The van der Waals surface area contributed by atoms with Crippen molar-refractivity contribution in [2.75, 3.05) is 32.9 Å². The lowest BCUT2D eigenvalue weighted by atomic mass is 10.1. The normalized spacial score (nSPS) is 12.0. The second-order valence-corrected chi connectivity index (χ2v) is 9.75. The quantitative estimate of drug-likeness (QED) is 0.195.